The predicted octanol–water partition coefficient (Wildman–Crippen LogP) is 3.28. The van der Waals surface area contributed by atoms with Crippen LogP contribution in [0.1, 0.15) is 41.5 Å². The van der Waals surface area contributed by atoms with Crippen molar-refractivity contribution in [1.29, 1.82) is 0 Å². The van der Waals surface area contributed by atoms with Crippen molar-refractivity contribution in [3.8, 4) is 0 Å². The Hall–Kier alpha value is -3.15. The Bertz CT molecular complexity index is 798. The van der Waals surface area contributed by atoms with Crippen LogP contribution in [-0.2, 0) is 4.79 Å². The summed E-state index contributed by atoms with van der Waals surface area (Å²) < 4.78 is 0. The monoisotopic (exact) mass is 353 g/mol. The number of benzene rings is 2. The van der Waals surface area contributed by atoms with Gasteiger partial charge in [-0.2, -0.15) is 0 Å². The van der Waals surface area contributed by atoms with Gasteiger partial charge in [-0.3, -0.25) is 14.4 Å². The van der Waals surface area contributed by atoms with Gasteiger partial charge in [-0.25, -0.2) is 0 Å². The molecule has 0 saturated heterocycles. The highest BCUT2D eigenvalue weighted by atomic mass is 16.2. The van der Waals surface area contributed by atoms with E-state index >= 15 is 0 Å². The number of amides is 3. The van der Waals surface area contributed by atoms with Crippen LogP contribution in [0.4, 0.5) is 11.4 Å². The third-order valence-electron chi connectivity index (χ3n) is 3.52. The first-order chi connectivity index (χ1) is 12.3. The number of anilines is 2. The molecule has 0 spiro atoms. The second-order valence-corrected chi connectivity index (χ2v) is 6.40. The summed E-state index contributed by atoms with van der Waals surface area (Å²) in [5, 5.41) is 8.27. The lowest BCUT2D eigenvalue weighted by molar-refractivity contribution is -0.114. The van der Waals surface area contributed by atoms with Crippen molar-refractivity contribution < 1.29 is 14.4 Å². The normalized spacial score (nSPS) is 10.3. The average molecular weight is 353 g/mol. The SMILES string of the molecule is CC(=O)Nc1cccc(NC(=O)c2ccc(C(=O)NCC(C)C)cc2)c1. The minimum Gasteiger partial charge on any atom is -0.352 e. The van der Waals surface area contributed by atoms with Gasteiger partial charge >= 0.3 is 0 Å². The third kappa shape index (κ3) is 5.73. The minimum atomic E-state index is -0.292. The number of rotatable bonds is 6. The summed E-state index contributed by atoms with van der Waals surface area (Å²) in [5.74, 6) is -0.259. The molecule has 0 bridgehead atoms. The second kappa shape index (κ2) is 8.80. The van der Waals surface area contributed by atoms with E-state index in [1.807, 2.05) is 13.8 Å². The Morgan fingerprint density at radius 1 is 0.846 bits per heavy atom. The van der Waals surface area contributed by atoms with Gasteiger partial charge in [-0.05, 0) is 48.4 Å². The van der Waals surface area contributed by atoms with E-state index in [-0.39, 0.29) is 17.7 Å². The zero-order chi connectivity index (χ0) is 19.1. The molecule has 3 amide bonds. The van der Waals surface area contributed by atoms with Gasteiger partial charge in [0.2, 0.25) is 5.91 Å². The van der Waals surface area contributed by atoms with E-state index in [4.69, 9.17) is 0 Å². The molecule has 0 fully saturated rings. The maximum atomic E-state index is 12.3. The van der Waals surface area contributed by atoms with Gasteiger partial charge in [0.05, 0.1) is 0 Å². The largest absolute Gasteiger partial charge is 0.352 e. The Morgan fingerprint density at radius 2 is 1.38 bits per heavy atom. The smallest absolute Gasteiger partial charge is 0.255 e. The first kappa shape index (κ1) is 19.2. The molecule has 0 aromatic heterocycles. The highest BCUT2D eigenvalue weighted by Crippen LogP contribution is 2.16. The fourth-order valence-electron chi connectivity index (χ4n) is 2.25. The van der Waals surface area contributed by atoms with Gasteiger partial charge < -0.3 is 16.0 Å². The first-order valence-electron chi connectivity index (χ1n) is 8.42. The molecule has 136 valence electrons. The van der Waals surface area contributed by atoms with Gasteiger partial charge in [0.25, 0.3) is 11.8 Å². The number of nitrogens with one attached hydrogen (secondary N) is 3. The lowest BCUT2D eigenvalue weighted by atomic mass is 10.1. The quantitative estimate of drug-likeness (QED) is 0.745. The van der Waals surface area contributed by atoms with Gasteiger partial charge in [0, 0.05) is 36.0 Å². The van der Waals surface area contributed by atoms with Gasteiger partial charge in [-0.15, -0.1) is 0 Å². The van der Waals surface area contributed by atoms with Gasteiger partial charge in [0.15, 0.2) is 0 Å². The Balaban J connectivity index is 2.02. The van der Waals surface area contributed by atoms with Crippen LogP contribution in [0.3, 0.4) is 0 Å². The number of carbonyl (C=O) groups excluding carboxylic acids is 3. The average Bonchev–Trinajstić information content (AvgIpc) is 2.59. The van der Waals surface area contributed by atoms with Crippen molar-refractivity contribution in [2.45, 2.75) is 20.8 Å². The zero-order valence-corrected chi connectivity index (χ0v) is 15.1. The molecule has 26 heavy (non-hydrogen) atoms. The van der Waals surface area contributed by atoms with Crippen molar-refractivity contribution in [1.82, 2.24) is 5.32 Å². The third-order valence-corrected chi connectivity index (χ3v) is 3.52. The Morgan fingerprint density at radius 3 is 1.92 bits per heavy atom. The lowest BCUT2D eigenvalue weighted by Gasteiger charge is -2.09. The van der Waals surface area contributed by atoms with E-state index in [1.165, 1.54) is 6.92 Å². The summed E-state index contributed by atoms with van der Waals surface area (Å²) in [6.45, 7) is 6.07. The van der Waals surface area contributed by atoms with E-state index in [0.717, 1.165) is 0 Å². The van der Waals surface area contributed by atoms with Crippen LogP contribution in [0.25, 0.3) is 0 Å². The molecule has 3 N–H and O–H groups in total. The van der Waals surface area contributed by atoms with Gasteiger partial charge in [0.1, 0.15) is 0 Å². The van der Waals surface area contributed by atoms with E-state index in [1.54, 1.807) is 48.5 Å². The van der Waals surface area contributed by atoms with Crippen LogP contribution in [0, 0.1) is 5.92 Å². The predicted molar refractivity (Wildman–Crippen MR) is 102 cm³/mol. The summed E-state index contributed by atoms with van der Waals surface area (Å²) >= 11 is 0. The number of carbonyl (C=O) groups is 3. The van der Waals surface area contributed by atoms with Crippen molar-refractivity contribution >= 4 is 29.1 Å². The summed E-state index contributed by atoms with van der Waals surface area (Å²) in [6, 6.07) is 13.3. The molecule has 0 heterocycles. The molecule has 2 aromatic carbocycles. The van der Waals surface area contributed by atoms with Crippen LogP contribution >= 0.6 is 0 Å². The van der Waals surface area contributed by atoms with Crippen molar-refractivity contribution in [3.63, 3.8) is 0 Å². The molecule has 6 nitrogen and oxygen atoms in total. The zero-order valence-electron chi connectivity index (χ0n) is 15.1. The molecule has 0 saturated carbocycles. The highest BCUT2D eigenvalue weighted by Gasteiger charge is 2.10. The van der Waals surface area contributed by atoms with E-state index in [2.05, 4.69) is 16.0 Å². The molecule has 6 heteroatoms. The van der Waals surface area contributed by atoms with Crippen LogP contribution in [0.15, 0.2) is 48.5 Å². The molecule has 0 atom stereocenters. The molecule has 2 rings (SSSR count). The minimum absolute atomic E-state index is 0.159. The van der Waals surface area contributed by atoms with Crippen molar-refractivity contribution in [2.75, 3.05) is 17.2 Å². The van der Waals surface area contributed by atoms with Crippen molar-refractivity contribution in [3.05, 3.63) is 59.7 Å². The highest BCUT2D eigenvalue weighted by molar-refractivity contribution is 6.05. The summed E-state index contributed by atoms with van der Waals surface area (Å²) in [4.78, 5) is 35.5. The molecular weight excluding hydrogens is 330 g/mol. The Kier molecular flexibility index (Phi) is 6.49. The lowest BCUT2D eigenvalue weighted by Crippen LogP contribution is -2.27. The maximum Gasteiger partial charge on any atom is 0.255 e. The first-order valence-corrected chi connectivity index (χ1v) is 8.42. The van der Waals surface area contributed by atoms with Crippen molar-refractivity contribution in [2.24, 2.45) is 5.92 Å². The Labute approximate surface area is 153 Å². The van der Waals surface area contributed by atoms with Crippen LogP contribution in [-0.4, -0.2) is 24.3 Å². The molecule has 2 aromatic rings. The molecular formula is C20H23N3O3. The summed E-state index contributed by atoms with van der Waals surface area (Å²) in [6.07, 6.45) is 0. The van der Waals surface area contributed by atoms with E-state index in [0.29, 0.717) is 35.0 Å². The maximum absolute atomic E-state index is 12.3. The van der Waals surface area contributed by atoms with E-state index < -0.39 is 0 Å². The number of hydrogen-bond donors (Lipinski definition) is 3. The molecule has 0 aliphatic rings. The fraction of sp³-hybridized carbons (Fsp3) is 0.250. The number of hydrogen-bond acceptors (Lipinski definition) is 3. The summed E-state index contributed by atoms with van der Waals surface area (Å²) in [7, 11) is 0. The molecule has 0 unspecified atom stereocenters. The van der Waals surface area contributed by atoms with Gasteiger partial charge in [-0.1, -0.05) is 19.9 Å². The molecule has 0 radical (unpaired) electrons. The van der Waals surface area contributed by atoms with Crippen LogP contribution in [0.5, 0.6) is 0 Å². The standard InChI is InChI=1S/C20H23N3O3/c1-13(2)12-21-19(25)15-7-9-16(10-8-15)20(26)23-18-6-4-5-17(11-18)22-14(3)24/h4-11,13H,12H2,1-3H3,(H,21,25)(H,22,24)(H,23,26). The second-order valence-electron chi connectivity index (χ2n) is 6.40. The van der Waals surface area contributed by atoms with Crippen LogP contribution in [0.2, 0.25) is 0 Å². The topological polar surface area (TPSA) is 87.3 Å². The fourth-order valence-corrected chi connectivity index (χ4v) is 2.25. The van der Waals surface area contributed by atoms with E-state index in [9.17, 15) is 14.4 Å². The molecule has 0 aliphatic heterocycles. The van der Waals surface area contributed by atoms with Crippen LogP contribution < -0.4 is 16.0 Å². The summed E-state index contributed by atoms with van der Waals surface area (Å²) in [5.41, 5.74) is 2.12. The molecule has 0 aliphatic carbocycles.